The summed E-state index contributed by atoms with van der Waals surface area (Å²) in [6.45, 7) is 1.19. The van der Waals surface area contributed by atoms with Gasteiger partial charge in [0.1, 0.15) is 11.9 Å². The Hall–Kier alpha value is -1.70. The van der Waals surface area contributed by atoms with E-state index in [-0.39, 0.29) is 18.0 Å². The molecule has 1 aromatic heterocycles. The Morgan fingerprint density at radius 1 is 1.60 bits per heavy atom. The molecule has 1 aliphatic heterocycles. The van der Waals surface area contributed by atoms with Gasteiger partial charge in [-0.2, -0.15) is 0 Å². The van der Waals surface area contributed by atoms with Crippen LogP contribution in [0.3, 0.4) is 0 Å². The summed E-state index contributed by atoms with van der Waals surface area (Å²) < 4.78 is 0.558. The van der Waals surface area contributed by atoms with Crippen LogP contribution in [0.5, 0.6) is 0 Å². The third-order valence-electron chi connectivity index (χ3n) is 3.35. The molecule has 0 saturated carbocycles. The lowest BCUT2D eigenvalue weighted by atomic mass is 9.94. The number of carbonyl (C=O) groups is 1. The number of piperidine rings is 1. The van der Waals surface area contributed by atoms with Gasteiger partial charge in [0.25, 0.3) is 0 Å². The molecule has 1 N–H and O–H groups in total. The van der Waals surface area contributed by atoms with Crippen LogP contribution in [0.4, 0.5) is 11.4 Å². The van der Waals surface area contributed by atoms with Crippen LogP contribution < -0.4 is 4.90 Å². The van der Waals surface area contributed by atoms with Crippen molar-refractivity contribution >= 4 is 33.3 Å². The predicted molar refractivity (Wildman–Crippen MR) is 75.8 cm³/mol. The van der Waals surface area contributed by atoms with E-state index in [4.69, 9.17) is 5.11 Å². The van der Waals surface area contributed by atoms with Gasteiger partial charge in [0, 0.05) is 25.7 Å². The van der Waals surface area contributed by atoms with Gasteiger partial charge in [-0.3, -0.25) is 19.9 Å². The van der Waals surface area contributed by atoms with Crippen LogP contribution in [-0.4, -0.2) is 34.1 Å². The number of nitro groups is 1. The van der Waals surface area contributed by atoms with Gasteiger partial charge in [-0.05, 0) is 34.7 Å². The van der Waals surface area contributed by atoms with E-state index in [1.165, 1.54) is 12.4 Å². The number of hydrogen-bond acceptors (Lipinski definition) is 5. The fourth-order valence-corrected chi connectivity index (χ4v) is 3.12. The number of aromatic nitrogens is 1. The summed E-state index contributed by atoms with van der Waals surface area (Å²) in [6.07, 6.45) is 4.49. The van der Waals surface area contributed by atoms with Gasteiger partial charge in [-0.25, -0.2) is 0 Å². The first kappa shape index (κ1) is 14.7. The summed E-state index contributed by atoms with van der Waals surface area (Å²) in [7, 11) is 0. The van der Waals surface area contributed by atoms with Gasteiger partial charge >= 0.3 is 11.7 Å². The fraction of sp³-hybridized carbons (Fsp3) is 0.500. The standard InChI is InChI=1S/C12H14BrN3O4/c13-9-5-14-6-10(16(19)20)12(9)15-3-1-2-8(7-15)4-11(17)18/h5-6,8H,1-4,7H2,(H,17,18). The van der Waals surface area contributed by atoms with Gasteiger partial charge in [0.2, 0.25) is 0 Å². The summed E-state index contributed by atoms with van der Waals surface area (Å²) in [4.78, 5) is 27.1. The van der Waals surface area contributed by atoms with Crippen molar-refractivity contribution in [3.8, 4) is 0 Å². The molecule has 1 unspecified atom stereocenters. The highest BCUT2D eigenvalue weighted by molar-refractivity contribution is 9.10. The van der Waals surface area contributed by atoms with Crippen LogP contribution in [0, 0.1) is 16.0 Å². The maximum atomic E-state index is 11.1. The number of aliphatic carboxylic acids is 1. The number of anilines is 1. The van der Waals surface area contributed by atoms with E-state index in [9.17, 15) is 14.9 Å². The van der Waals surface area contributed by atoms with Crippen LogP contribution in [0.25, 0.3) is 0 Å². The molecular formula is C12H14BrN3O4. The van der Waals surface area contributed by atoms with Crippen molar-refractivity contribution in [2.24, 2.45) is 5.92 Å². The van der Waals surface area contributed by atoms with E-state index >= 15 is 0 Å². The zero-order valence-electron chi connectivity index (χ0n) is 10.7. The Kier molecular flexibility index (Phi) is 4.53. The van der Waals surface area contributed by atoms with Crippen LogP contribution >= 0.6 is 15.9 Å². The predicted octanol–water partition coefficient (Wildman–Crippen LogP) is 2.44. The van der Waals surface area contributed by atoms with Gasteiger partial charge in [-0.15, -0.1) is 0 Å². The first-order valence-electron chi connectivity index (χ1n) is 6.23. The van der Waals surface area contributed by atoms with E-state index < -0.39 is 10.9 Å². The summed E-state index contributed by atoms with van der Waals surface area (Å²) in [5.74, 6) is -0.818. The minimum absolute atomic E-state index is 0.0147. The number of rotatable bonds is 4. The van der Waals surface area contributed by atoms with Gasteiger partial charge in [0.05, 0.1) is 9.40 Å². The molecule has 2 heterocycles. The molecule has 1 saturated heterocycles. The van der Waals surface area contributed by atoms with Gasteiger partial charge in [0.15, 0.2) is 0 Å². The second-order valence-corrected chi connectivity index (χ2v) is 5.65. The molecule has 0 bridgehead atoms. The van der Waals surface area contributed by atoms with Crippen molar-refractivity contribution in [1.82, 2.24) is 4.98 Å². The number of pyridine rings is 1. The summed E-state index contributed by atoms with van der Waals surface area (Å²) in [5.41, 5.74) is 0.426. The monoisotopic (exact) mass is 343 g/mol. The molecule has 0 aliphatic carbocycles. The molecule has 0 spiro atoms. The maximum Gasteiger partial charge on any atom is 0.311 e. The van der Waals surface area contributed by atoms with Crippen molar-refractivity contribution < 1.29 is 14.8 Å². The van der Waals surface area contributed by atoms with Crippen LogP contribution in [0.1, 0.15) is 19.3 Å². The Morgan fingerprint density at radius 3 is 3.00 bits per heavy atom. The number of carboxylic acid groups (broad SMARTS) is 1. The topological polar surface area (TPSA) is 96.6 Å². The van der Waals surface area contributed by atoms with E-state index in [0.29, 0.717) is 23.2 Å². The van der Waals surface area contributed by atoms with Crippen molar-refractivity contribution in [2.75, 3.05) is 18.0 Å². The lowest BCUT2D eigenvalue weighted by Gasteiger charge is -2.33. The number of carboxylic acids is 1. The molecule has 8 heteroatoms. The highest BCUT2D eigenvalue weighted by Crippen LogP contribution is 2.37. The first-order chi connectivity index (χ1) is 9.49. The van der Waals surface area contributed by atoms with Crippen molar-refractivity contribution in [3.05, 3.63) is 27.0 Å². The average molecular weight is 344 g/mol. The number of nitrogens with zero attached hydrogens (tertiary/aromatic N) is 3. The zero-order valence-corrected chi connectivity index (χ0v) is 12.2. The molecule has 0 radical (unpaired) electrons. The SMILES string of the molecule is O=C(O)CC1CCCN(c2c(Br)cncc2[N+](=O)[O-])C1. The second kappa shape index (κ2) is 6.17. The van der Waals surface area contributed by atoms with Crippen LogP contribution in [0.15, 0.2) is 16.9 Å². The Morgan fingerprint density at radius 2 is 2.35 bits per heavy atom. The van der Waals surface area contributed by atoms with E-state index in [0.717, 1.165) is 12.8 Å². The second-order valence-electron chi connectivity index (χ2n) is 4.80. The van der Waals surface area contributed by atoms with E-state index in [2.05, 4.69) is 20.9 Å². The van der Waals surface area contributed by atoms with Crippen molar-refractivity contribution in [1.29, 1.82) is 0 Å². The Labute approximate surface area is 123 Å². The molecule has 0 aromatic carbocycles. The molecule has 2 rings (SSSR count). The maximum absolute atomic E-state index is 11.1. The zero-order chi connectivity index (χ0) is 14.7. The van der Waals surface area contributed by atoms with Crippen molar-refractivity contribution in [3.63, 3.8) is 0 Å². The average Bonchev–Trinajstić information content (AvgIpc) is 2.37. The van der Waals surface area contributed by atoms with Crippen LogP contribution in [0.2, 0.25) is 0 Å². The molecule has 108 valence electrons. The normalized spacial score (nSPS) is 18.9. The van der Waals surface area contributed by atoms with Crippen molar-refractivity contribution in [2.45, 2.75) is 19.3 Å². The highest BCUT2D eigenvalue weighted by atomic mass is 79.9. The molecule has 0 amide bonds. The molecule has 1 aromatic rings. The molecular weight excluding hydrogens is 330 g/mol. The molecule has 7 nitrogen and oxygen atoms in total. The first-order valence-corrected chi connectivity index (χ1v) is 7.03. The molecule has 1 fully saturated rings. The highest BCUT2D eigenvalue weighted by Gasteiger charge is 2.28. The lowest BCUT2D eigenvalue weighted by molar-refractivity contribution is -0.384. The van der Waals surface area contributed by atoms with E-state index in [1.807, 2.05) is 4.90 Å². The summed E-state index contributed by atoms with van der Waals surface area (Å²) >= 11 is 3.30. The minimum atomic E-state index is -0.833. The lowest BCUT2D eigenvalue weighted by Crippen LogP contribution is -2.36. The molecule has 20 heavy (non-hydrogen) atoms. The summed E-state index contributed by atoms with van der Waals surface area (Å²) in [6, 6.07) is 0. The van der Waals surface area contributed by atoms with E-state index in [1.54, 1.807) is 0 Å². The van der Waals surface area contributed by atoms with Gasteiger partial charge < -0.3 is 10.0 Å². The third-order valence-corrected chi connectivity index (χ3v) is 3.93. The van der Waals surface area contributed by atoms with Crippen LogP contribution in [-0.2, 0) is 4.79 Å². The minimum Gasteiger partial charge on any atom is -0.481 e. The number of hydrogen-bond donors (Lipinski definition) is 1. The smallest absolute Gasteiger partial charge is 0.311 e. The molecule has 1 atom stereocenters. The molecule has 1 aliphatic rings. The summed E-state index contributed by atoms with van der Waals surface area (Å²) in [5, 5.41) is 20.0. The number of halogens is 1. The largest absolute Gasteiger partial charge is 0.481 e. The Balaban J connectivity index is 2.27. The van der Waals surface area contributed by atoms with Gasteiger partial charge in [-0.1, -0.05) is 0 Å². The quantitative estimate of drug-likeness (QED) is 0.666. The third kappa shape index (κ3) is 3.24. The fourth-order valence-electron chi connectivity index (χ4n) is 2.55. The Bertz CT molecular complexity index is 537.